The minimum absolute atomic E-state index is 0.0640. The third kappa shape index (κ3) is 2.74. The minimum Gasteiger partial charge on any atom is -0.303 e. The van der Waals surface area contributed by atoms with Crippen LogP contribution in [0, 0.1) is 5.82 Å². The number of hydrogen-bond donors (Lipinski definition) is 1. The number of amides is 3. The van der Waals surface area contributed by atoms with Crippen LogP contribution in [0.1, 0.15) is 12.0 Å². The molecule has 1 aliphatic heterocycles. The molecule has 6 heteroatoms. The highest BCUT2D eigenvalue weighted by Gasteiger charge is 2.30. The number of rotatable bonds is 2. The Morgan fingerprint density at radius 1 is 1.35 bits per heavy atom. The third-order valence-electron chi connectivity index (χ3n) is 2.47. The van der Waals surface area contributed by atoms with Gasteiger partial charge in [-0.2, -0.15) is 0 Å². The van der Waals surface area contributed by atoms with Crippen molar-refractivity contribution in [2.45, 2.75) is 18.5 Å². The maximum atomic E-state index is 12.7. The smallest absolute Gasteiger partial charge is 0.303 e. The molecule has 1 heterocycles. The van der Waals surface area contributed by atoms with Gasteiger partial charge in [0, 0.05) is 6.54 Å². The molecule has 0 aliphatic carbocycles. The van der Waals surface area contributed by atoms with Gasteiger partial charge in [-0.3, -0.25) is 10.1 Å². The molecule has 4 nitrogen and oxygen atoms in total. The van der Waals surface area contributed by atoms with Crippen molar-refractivity contribution in [2.75, 3.05) is 0 Å². The van der Waals surface area contributed by atoms with Crippen LogP contribution in [0.15, 0.2) is 24.3 Å². The lowest BCUT2D eigenvalue weighted by molar-refractivity contribution is -0.122. The number of nitrogens with zero attached hydrogens (tertiary/aromatic N) is 1. The Hall–Kier alpha value is -1.62. The quantitative estimate of drug-likeness (QED) is 0.648. The second-order valence-corrected chi connectivity index (χ2v) is 4.25. The zero-order chi connectivity index (χ0) is 12.4. The second-order valence-electron chi connectivity index (χ2n) is 3.75. The van der Waals surface area contributed by atoms with Crippen LogP contribution < -0.4 is 5.32 Å². The average Bonchev–Trinajstić information content (AvgIpc) is 2.26. The van der Waals surface area contributed by atoms with Crippen molar-refractivity contribution in [3.8, 4) is 0 Å². The number of imide groups is 1. The van der Waals surface area contributed by atoms with Crippen LogP contribution in [0.25, 0.3) is 0 Å². The number of carbonyl (C=O) groups is 2. The van der Waals surface area contributed by atoms with Crippen LogP contribution in [-0.2, 0) is 11.3 Å². The van der Waals surface area contributed by atoms with Crippen LogP contribution >= 0.6 is 11.6 Å². The summed E-state index contributed by atoms with van der Waals surface area (Å²) in [6.45, 7) is 0.244. The van der Waals surface area contributed by atoms with Gasteiger partial charge in [0.15, 0.2) is 0 Å². The van der Waals surface area contributed by atoms with Crippen molar-refractivity contribution in [1.82, 2.24) is 10.2 Å². The lowest BCUT2D eigenvalue weighted by Crippen LogP contribution is -2.52. The molecule has 90 valence electrons. The van der Waals surface area contributed by atoms with E-state index in [0.717, 1.165) is 5.56 Å². The number of hydrogen-bond acceptors (Lipinski definition) is 2. The van der Waals surface area contributed by atoms with E-state index >= 15 is 0 Å². The summed E-state index contributed by atoms with van der Waals surface area (Å²) in [6.07, 6.45) is 0.0640. The molecule has 1 saturated heterocycles. The molecular weight excluding hydrogens is 247 g/mol. The Kier molecular flexibility index (Phi) is 3.28. The number of halogens is 2. The van der Waals surface area contributed by atoms with Gasteiger partial charge in [0.05, 0.1) is 6.42 Å². The summed E-state index contributed by atoms with van der Waals surface area (Å²) < 4.78 is 12.7. The van der Waals surface area contributed by atoms with E-state index in [1.807, 2.05) is 0 Å². The fourth-order valence-corrected chi connectivity index (χ4v) is 1.89. The molecule has 1 unspecified atom stereocenters. The van der Waals surface area contributed by atoms with E-state index in [2.05, 4.69) is 5.32 Å². The summed E-state index contributed by atoms with van der Waals surface area (Å²) in [6, 6.07) is 5.24. The Morgan fingerprint density at radius 3 is 2.59 bits per heavy atom. The summed E-state index contributed by atoms with van der Waals surface area (Å²) >= 11 is 5.92. The molecule has 17 heavy (non-hydrogen) atoms. The van der Waals surface area contributed by atoms with Crippen molar-refractivity contribution in [3.05, 3.63) is 35.6 Å². The molecule has 0 bridgehead atoms. The highest BCUT2D eigenvalue weighted by atomic mass is 35.5. The van der Waals surface area contributed by atoms with Crippen LogP contribution in [0.3, 0.4) is 0 Å². The first kappa shape index (κ1) is 11.9. The molecule has 1 aromatic carbocycles. The fourth-order valence-electron chi connectivity index (χ4n) is 1.59. The van der Waals surface area contributed by atoms with E-state index < -0.39 is 11.5 Å². The summed E-state index contributed by atoms with van der Waals surface area (Å²) in [4.78, 5) is 23.9. The second kappa shape index (κ2) is 4.71. The van der Waals surface area contributed by atoms with Crippen molar-refractivity contribution in [3.63, 3.8) is 0 Å². The summed E-state index contributed by atoms with van der Waals surface area (Å²) in [5.74, 6) is -0.722. The summed E-state index contributed by atoms with van der Waals surface area (Å²) in [5, 5.41) is 2.18. The Labute approximate surface area is 102 Å². The first-order chi connectivity index (χ1) is 8.06. The number of alkyl halides is 1. The van der Waals surface area contributed by atoms with E-state index in [1.165, 1.54) is 17.0 Å². The topological polar surface area (TPSA) is 49.4 Å². The average molecular weight is 257 g/mol. The highest BCUT2D eigenvalue weighted by molar-refractivity contribution is 6.23. The molecule has 1 fully saturated rings. The van der Waals surface area contributed by atoms with Gasteiger partial charge in [-0.15, -0.1) is 0 Å². The number of carbonyl (C=O) groups excluding carboxylic acids is 2. The lowest BCUT2D eigenvalue weighted by atomic mass is 10.2. The van der Waals surface area contributed by atoms with Crippen molar-refractivity contribution in [2.24, 2.45) is 0 Å². The van der Waals surface area contributed by atoms with Crippen LogP contribution in [0.5, 0.6) is 0 Å². The minimum atomic E-state index is -0.665. The Balaban J connectivity index is 2.09. The highest BCUT2D eigenvalue weighted by Crippen LogP contribution is 2.18. The molecule has 1 aromatic rings. The van der Waals surface area contributed by atoms with Gasteiger partial charge < -0.3 is 4.90 Å². The molecule has 0 aromatic heterocycles. The predicted molar refractivity (Wildman–Crippen MR) is 59.7 cm³/mol. The van der Waals surface area contributed by atoms with Crippen LogP contribution in [-0.4, -0.2) is 22.3 Å². The van der Waals surface area contributed by atoms with Gasteiger partial charge in [-0.05, 0) is 17.7 Å². The number of urea groups is 1. The van der Waals surface area contributed by atoms with Crippen molar-refractivity contribution in [1.29, 1.82) is 0 Å². The fraction of sp³-hybridized carbons (Fsp3) is 0.273. The van der Waals surface area contributed by atoms with Gasteiger partial charge in [-0.25, -0.2) is 9.18 Å². The Bertz CT molecular complexity index is 449. The van der Waals surface area contributed by atoms with Gasteiger partial charge in [-0.1, -0.05) is 23.7 Å². The van der Waals surface area contributed by atoms with Gasteiger partial charge in [0.2, 0.25) is 5.91 Å². The standard InChI is InChI=1S/C11H10ClFN2O2/c12-9-5-10(16)14-11(17)15(9)6-7-1-3-8(13)4-2-7/h1-4,9H,5-6H2,(H,14,16,17). The van der Waals surface area contributed by atoms with Crippen molar-refractivity contribution < 1.29 is 14.0 Å². The van der Waals surface area contributed by atoms with Gasteiger partial charge >= 0.3 is 6.03 Å². The predicted octanol–water partition coefficient (Wildman–Crippen LogP) is 1.83. The SMILES string of the molecule is O=C1CC(Cl)N(Cc2ccc(F)cc2)C(=O)N1. The van der Waals surface area contributed by atoms with Gasteiger partial charge in [0.1, 0.15) is 11.3 Å². The van der Waals surface area contributed by atoms with E-state index in [9.17, 15) is 14.0 Å². The maximum Gasteiger partial charge on any atom is 0.325 e. The number of nitrogens with one attached hydrogen (secondary N) is 1. The monoisotopic (exact) mass is 256 g/mol. The van der Waals surface area contributed by atoms with Crippen LogP contribution in [0.2, 0.25) is 0 Å². The molecule has 0 saturated carbocycles. The maximum absolute atomic E-state index is 12.7. The normalized spacial score (nSPS) is 20.4. The van der Waals surface area contributed by atoms with E-state index in [-0.39, 0.29) is 24.7 Å². The molecule has 3 amide bonds. The molecule has 0 spiro atoms. The Morgan fingerprint density at radius 2 is 2.00 bits per heavy atom. The molecule has 1 atom stereocenters. The lowest BCUT2D eigenvalue weighted by Gasteiger charge is -2.31. The molecule has 2 rings (SSSR count). The molecule has 1 aliphatic rings. The molecule has 1 N–H and O–H groups in total. The molecular formula is C11H10ClFN2O2. The zero-order valence-electron chi connectivity index (χ0n) is 8.82. The van der Waals surface area contributed by atoms with Crippen molar-refractivity contribution >= 4 is 23.5 Å². The molecule has 0 radical (unpaired) electrons. The van der Waals surface area contributed by atoms with E-state index in [4.69, 9.17) is 11.6 Å². The van der Waals surface area contributed by atoms with Gasteiger partial charge in [0.25, 0.3) is 0 Å². The largest absolute Gasteiger partial charge is 0.325 e. The first-order valence-corrected chi connectivity index (χ1v) is 5.49. The van der Waals surface area contributed by atoms with E-state index in [0.29, 0.717) is 0 Å². The zero-order valence-corrected chi connectivity index (χ0v) is 9.58. The number of benzene rings is 1. The van der Waals surface area contributed by atoms with E-state index in [1.54, 1.807) is 12.1 Å². The van der Waals surface area contributed by atoms with Crippen LogP contribution in [0.4, 0.5) is 9.18 Å². The third-order valence-corrected chi connectivity index (χ3v) is 2.86. The summed E-state index contributed by atoms with van der Waals surface area (Å²) in [7, 11) is 0. The summed E-state index contributed by atoms with van der Waals surface area (Å²) in [5.41, 5.74) is 0.0860. The first-order valence-electron chi connectivity index (χ1n) is 5.05.